The third kappa shape index (κ3) is 11.7. The topological polar surface area (TPSA) is 102 Å². The fourth-order valence-corrected chi connectivity index (χ4v) is 8.77. The molecule has 0 amide bonds. The molecule has 0 saturated carbocycles. The zero-order valence-corrected chi connectivity index (χ0v) is 33.1. The maximum Gasteiger partial charge on any atom is 0.232 e. The Kier molecular flexibility index (Phi) is 12.9. The average Bonchev–Trinajstić information content (AvgIpc) is 2.85. The van der Waals surface area contributed by atoms with Crippen molar-refractivity contribution in [3.63, 3.8) is 0 Å². The summed E-state index contributed by atoms with van der Waals surface area (Å²) in [6, 6.07) is 4.24. The molecule has 46 heavy (non-hydrogen) atoms. The van der Waals surface area contributed by atoms with Gasteiger partial charge in [0, 0.05) is 43.6 Å². The predicted octanol–water partition coefficient (Wildman–Crippen LogP) is 10.1. The van der Waals surface area contributed by atoms with Gasteiger partial charge in [-0.05, 0) is 41.9 Å². The highest BCUT2D eigenvalue weighted by molar-refractivity contribution is 8.05. The van der Waals surface area contributed by atoms with Crippen molar-refractivity contribution in [2.45, 2.75) is 123 Å². The Morgan fingerprint density at radius 1 is 0.826 bits per heavy atom. The maximum absolute atomic E-state index is 13.8. The Morgan fingerprint density at radius 2 is 1.30 bits per heavy atom. The number of ether oxygens (including phenoxy) is 1. The Morgan fingerprint density at radius 3 is 1.72 bits per heavy atom. The van der Waals surface area contributed by atoms with Crippen molar-refractivity contribution >= 4 is 56.7 Å². The molecule has 2 aliphatic rings. The molecular weight excluding hydrogens is 655 g/mol. The van der Waals surface area contributed by atoms with E-state index in [0.717, 1.165) is 27.7 Å². The van der Waals surface area contributed by atoms with E-state index < -0.39 is 10.0 Å². The number of rotatable bonds is 9. The Balaban J connectivity index is 0.00000736. The van der Waals surface area contributed by atoms with Crippen LogP contribution in [0.15, 0.2) is 63.0 Å². The van der Waals surface area contributed by atoms with Gasteiger partial charge in [0.1, 0.15) is 0 Å². The van der Waals surface area contributed by atoms with Crippen LogP contribution in [0.3, 0.4) is 0 Å². The second-order valence-electron chi connectivity index (χ2n) is 15.7. The van der Waals surface area contributed by atoms with Gasteiger partial charge in [0.25, 0.3) is 0 Å². The number of sulfonamides is 1. The van der Waals surface area contributed by atoms with Crippen molar-refractivity contribution in [2.24, 2.45) is 0 Å². The number of hydrogen-bond acceptors (Lipinski definition) is 7. The molecule has 1 aliphatic carbocycles. The molecule has 0 atom stereocenters. The standard InChI is InChI=1S/C36H51NO4S4.H2O/c1-14-15-16-45(39,40)37-31-25(17-23-19-27(33(2,3)4)42-28(20-23)34(5,6)7)32(38)26(31)18-24-21-29(43-35(8,9)10)41-30(22-24)44-36(11,12)13;/h17-22H,14-16H2,1-13H3;1H2/b25-17-;. The van der Waals surface area contributed by atoms with Crippen LogP contribution in [-0.4, -0.2) is 34.9 Å². The molecule has 1 aromatic heterocycles. The van der Waals surface area contributed by atoms with E-state index in [1.807, 2.05) is 25.2 Å². The minimum atomic E-state index is -3.65. The van der Waals surface area contributed by atoms with Gasteiger partial charge >= 0.3 is 0 Å². The van der Waals surface area contributed by atoms with Crippen LogP contribution in [0.4, 0.5) is 0 Å². The lowest BCUT2D eigenvalue weighted by molar-refractivity contribution is -0.112. The summed E-state index contributed by atoms with van der Waals surface area (Å²) in [6.07, 6.45) is 8.79. The van der Waals surface area contributed by atoms with E-state index >= 15 is 0 Å². The van der Waals surface area contributed by atoms with E-state index in [9.17, 15) is 13.2 Å². The first-order valence-corrected chi connectivity index (χ1v) is 19.7. The van der Waals surface area contributed by atoms with E-state index in [1.54, 1.807) is 40.9 Å². The number of thioether (sulfide) groups is 2. The number of ketones is 1. The van der Waals surface area contributed by atoms with Gasteiger partial charge in [-0.1, -0.05) is 120 Å². The molecule has 0 unspecified atom stereocenters. The van der Waals surface area contributed by atoms with Crippen LogP contribution < -0.4 is 4.72 Å². The van der Waals surface area contributed by atoms with E-state index in [2.05, 4.69) is 99.9 Å². The average molecular weight is 708 g/mol. The van der Waals surface area contributed by atoms with Gasteiger partial charge < -0.3 is 10.2 Å². The summed E-state index contributed by atoms with van der Waals surface area (Å²) >= 11 is 5.01. The molecule has 0 radical (unpaired) electrons. The van der Waals surface area contributed by atoms with Crippen LogP contribution in [0, 0.1) is 0 Å². The van der Waals surface area contributed by atoms with Gasteiger partial charge in [-0.2, -0.15) is 0 Å². The van der Waals surface area contributed by atoms with Crippen LogP contribution in [0.5, 0.6) is 0 Å². The highest BCUT2D eigenvalue weighted by Gasteiger charge is 2.37. The number of nitrogens with one attached hydrogen (secondary N) is 1. The lowest BCUT2D eigenvalue weighted by atomic mass is 9.83. The minimum absolute atomic E-state index is 0. The van der Waals surface area contributed by atoms with Gasteiger partial charge in [0.05, 0.1) is 11.4 Å². The van der Waals surface area contributed by atoms with E-state index in [4.69, 9.17) is 4.74 Å². The quantitative estimate of drug-likeness (QED) is 0.201. The van der Waals surface area contributed by atoms with Gasteiger partial charge in [-0.15, -0.1) is 0 Å². The molecule has 0 saturated heterocycles. The zero-order valence-electron chi connectivity index (χ0n) is 29.8. The van der Waals surface area contributed by atoms with Crippen molar-refractivity contribution in [3.05, 3.63) is 78.3 Å². The van der Waals surface area contributed by atoms with Crippen LogP contribution in [-0.2, 0) is 30.4 Å². The second kappa shape index (κ2) is 14.7. The first kappa shape index (κ1) is 40.3. The second-order valence-corrected chi connectivity index (χ2v) is 22.3. The fraction of sp³-hybridized carbons (Fsp3) is 0.556. The molecule has 3 rings (SSSR count). The van der Waals surface area contributed by atoms with Crippen molar-refractivity contribution in [3.8, 4) is 0 Å². The molecule has 1 aromatic rings. The van der Waals surface area contributed by atoms with Crippen LogP contribution in [0.25, 0.3) is 6.08 Å². The fourth-order valence-electron chi connectivity index (χ4n) is 4.32. The minimum Gasteiger partial charge on any atom is -0.870 e. The lowest BCUT2D eigenvalue weighted by Gasteiger charge is -2.28. The van der Waals surface area contributed by atoms with Crippen LogP contribution in [0.2, 0.25) is 0 Å². The van der Waals surface area contributed by atoms with Crippen molar-refractivity contribution in [1.29, 1.82) is 0 Å². The Labute approximate surface area is 290 Å². The summed E-state index contributed by atoms with van der Waals surface area (Å²) in [5.74, 6) is -0.179. The van der Waals surface area contributed by atoms with Crippen LogP contribution >= 0.6 is 34.9 Å². The summed E-state index contributed by atoms with van der Waals surface area (Å²) in [7, 11) is -3.65. The normalized spacial score (nSPS) is 17.2. The molecule has 10 heteroatoms. The number of unbranched alkanes of at least 4 members (excludes halogenated alkanes) is 1. The third-order valence-electron chi connectivity index (χ3n) is 6.55. The number of hydrogen-bond donors (Lipinski definition) is 1. The van der Waals surface area contributed by atoms with Crippen molar-refractivity contribution < 1.29 is 23.4 Å². The van der Waals surface area contributed by atoms with E-state index in [1.165, 1.54) is 9.75 Å². The summed E-state index contributed by atoms with van der Waals surface area (Å²) in [4.78, 5) is 16.3. The summed E-state index contributed by atoms with van der Waals surface area (Å²) in [6.45, 7) is 27.8. The summed E-state index contributed by atoms with van der Waals surface area (Å²) < 4.78 is 35.2. The highest BCUT2D eigenvalue weighted by Crippen LogP contribution is 2.43. The highest BCUT2D eigenvalue weighted by atomic mass is 32.2. The van der Waals surface area contributed by atoms with Crippen molar-refractivity contribution in [2.75, 3.05) is 5.75 Å². The summed E-state index contributed by atoms with van der Waals surface area (Å²) in [5, 5.41) is 1.48. The van der Waals surface area contributed by atoms with Gasteiger partial charge in [-0.25, -0.2) is 8.42 Å². The van der Waals surface area contributed by atoms with Gasteiger partial charge in [0.15, 0.2) is 16.0 Å². The maximum atomic E-state index is 13.8. The lowest BCUT2D eigenvalue weighted by Crippen LogP contribution is -2.36. The molecular formula is C36H53NO5S4. The first-order valence-electron chi connectivity index (χ1n) is 15.6. The molecule has 256 valence electrons. The first-order chi connectivity index (χ1) is 20.4. The molecule has 6 nitrogen and oxygen atoms in total. The van der Waals surface area contributed by atoms with Crippen molar-refractivity contribution in [1.82, 2.24) is 4.72 Å². The number of allylic oxidation sites excluding steroid dienone is 6. The molecule has 0 aromatic carbocycles. The van der Waals surface area contributed by atoms with E-state index in [0.29, 0.717) is 23.3 Å². The third-order valence-corrected chi connectivity index (χ3v) is 11.8. The predicted molar refractivity (Wildman–Crippen MR) is 200 cm³/mol. The number of Topliss-reactive ketones (excluding diaryl/α,β-unsaturated/α-hetero) is 1. The summed E-state index contributed by atoms with van der Waals surface area (Å²) in [5.41, 5.74) is 2.62. The molecule has 2 heterocycles. The largest absolute Gasteiger partial charge is 0.870 e. The molecule has 0 spiro atoms. The molecule has 0 fully saturated rings. The number of carbonyl (C=O) groups is 1. The molecule has 1 aliphatic heterocycles. The molecule has 0 bridgehead atoms. The van der Waals surface area contributed by atoms with Crippen LogP contribution in [0.1, 0.15) is 118 Å². The monoisotopic (exact) mass is 707 g/mol. The van der Waals surface area contributed by atoms with E-state index in [-0.39, 0.29) is 37.3 Å². The Hall–Kier alpha value is -1.85. The SMILES string of the molecule is CCCCS(=O)(=O)NC1=C(C=C2C=C(SC(C)(C)C)OC(SC(C)(C)C)=C2)C(=O)/C1=C\c1cc(C(C)(C)C)[s+]c(C(C)(C)C)c1.[OH-]. The number of carbonyl (C=O) groups excluding carboxylic acids is 1. The molecule has 2 N–H and O–H groups in total. The smallest absolute Gasteiger partial charge is 0.232 e. The zero-order chi connectivity index (χ0) is 34.2. The Bertz CT molecular complexity index is 1520. The van der Waals surface area contributed by atoms with Gasteiger partial charge in [0.2, 0.25) is 31.1 Å². The van der Waals surface area contributed by atoms with Gasteiger partial charge in [-0.3, -0.25) is 9.52 Å².